The summed E-state index contributed by atoms with van der Waals surface area (Å²) >= 11 is 0. The Balaban J connectivity index is 3.26. The van der Waals surface area contributed by atoms with Gasteiger partial charge in [-0.25, -0.2) is 17.2 Å². The van der Waals surface area contributed by atoms with Crippen LogP contribution in [0, 0.1) is 0 Å². The van der Waals surface area contributed by atoms with E-state index in [4.69, 9.17) is 15.4 Å². The molecule has 1 aromatic rings. The highest BCUT2D eigenvalue weighted by Crippen LogP contribution is 2.34. The van der Waals surface area contributed by atoms with Crippen LogP contribution in [-0.2, 0) is 14.5 Å². The molecule has 1 aromatic carbocycles. The van der Waals surface area contributed by atoms with Crippen molar-refractivity contribution in [1.29, 1.82) is 0 Å². The summed E-state index contributed by atoms with van der Waals surface area (Å²) in [6, 6.07) is 3.93. The molecule has 0 aliphatic rings. The summed E-state index contributed by atoms with van der Waals surface area (Å²) in [5, 5.41) is 0. The van der Waals surface area contributed by atoms with Crippen molar-refractivity contribution in [2.45, 2.75) is 37.5 Å². The summed E-state index contributed by atoms with van der Waals surface area (Å²) in [4.78, 5) is -0.0801. The van der Waals surface area contributed by atoms with Crippen molar-refractivity contribution in [2.24, 2.45) is 0 Å². The molecule has 0 aliphatic heterocycles. The first kappa shape index (κ1) is 16.2. The second-order valence-electron chi connectivity index (χ2n) is 5.05. The van der Waals surface area contributed by atoms with E-state index in [-0.39, 0.29) is 10.6 Å². The molecular weight excluding hydrogens is 298 g/mol. The van der Waals surface area contributed by atoms with E-state index in [0.29, 0.717) is 5.56 Å². The molecule has 0 fully saturated rings. The fraction of sp³-hybridized carbons (Fsp3) is 0.500. The van der Waals surface area contributed by atoms with Crippen molar-refractivity contribution in [3.05, 3.63) is 23.8 Å². The van der Waals surface area contributed by atoms with Crippen LogP contribution in [0.1, 0.15) is 26.3 Å². The number of hydrogen-bond acceptors (Lipinski definition) is 3. The van der Waals surface area contributed by atoms with Gasteiger partial charge in [-0.3, -0.25) is 0 Å². The van der Waals surface area contributed by atoms with Crippen molar-refractivity contribution < 1.29 is 21.9 Å². The van der Waals surface area contributed by atoms with Gasteiger partial charge in [-0.2, -0.15) is 0 Å². The first-order valence-electron chi connectivity index (χ1n) is 5.52. The lowest BCUT2D eigenvalue weighted by molar-refractivity contribution is 0.0809. The minimum Gasteiger partial charge on any atom is -0.487 e. The molecule has 0 radical (unpaired) electrons. The average Bonchev–Trinajstić information content (AvgIpc) is 2.23. The first-order valence-corrected chi connectivity index (χ1v) is 7.83. The predicted octanol–water partition coefficient (Wildman–Crippen LogP) is 3.56. The lowest BCUT2D eigenvalue weighted by Gasteiger charge is -2.23. The van der Waals surface area contributed by atoms with Crippen LogP contribution in [-0.4, -0.2) is 21.5 Å². The fourth-order valence-electron chi connectivity index (χ4n) is 1.53. The van der Waals surface area contributed by atoms with Crippen LogP contribution in [0.4, 0.5) is 8.78 Å². The fourth-order valence-corrected chi connectivity index (χ4v) is 2.30. The van der Waals surface area contributed by atoms with Crippen LogP contribution in [0.25, 0.3) is 0 Å². The van der Waals surface area contributed by atoms with Crippen molar-refractivity contribution in [1.82, 2.24) is 0 Å². The number of alkyl halides is 2. The van der Waals surface area contributed by atoms with Gasteiger partial charge in [-0.15, -0.1) is 0 Å². The molecule has 0 aromatic heterocycles. The first-order chi connectivity index (χ1) is 8.51. The maximum absolute atomic E-state index is 12.2. The largest absolute Gasteiger partial charge is 0.487 e. The molecule has 0 saturated carbocycles. The second kappa shape index (κ2) is 5.63. The van der Waals surface area contributed by atoms with E-state index in [1.165, 1.54) is 18.2 Å². The van der Waals surface area contributed by atoms with Crippen LogP contribution in [0.5, 0.6) is 5.75 Å². The lowest BCUT2D eigenvalue weighted by Crippen LogP contribution is -2.16. The molecule has 7 heteroatoms. The highest BCUT2D eigenvalue weighted by molar-refractivity contribution is 8.13. The zero-order valence-corrected chi connectivity index (χ0v) is 12.4. The Morgan fingerprint density at radius 2 is 1.89 bits per heavy atom. The third-order valence-electron chi connectivity index (χ3n) is 2.41. The van der Waals surface area contributed by atoms with Crippen LogP contribution >= 0.6 is 10.7 Å². The number of rotatable bonds is 4. The predicted molar refractivity (Wildman–Crippen MR) is 69.7 cm³/mol. The van der Waals surface area contributed by atoms with Crippen LogP contribution < -0.4 is 4.74 Å². The van der Waals surface area contributed by atoms with Gasteiger partial charge >= 0.3 is 0 Å². The van der Waals surface area contributed by atoms with E-state index in [1.807, 2.05) is 20.8 Å². The van der Waals surface area contributed by atoms with Gasteiger partial charge in [-0.1, -0.05) is 20.8 Å². The van der Waals surface area contributed by atoms with Gasteiger partial charge in [0.2, 0.25) is 0 Å². The summed E-state index contributed by atoms with van der Waals surface area (Å²) in [5.41, 5.74) is 0.0459. The topological polar surface area (TPSA) is 43.4 Å². The molecule has 0 bridgehead atoms. The number of halogens is 3. The Morgan fingerprint density at radius 3 is 2.32 bits per heavy atom. The molecule has 0 amide bonds. The molecule has 0 saturated heterocycles. The Bertz CT molecular complexity index is 551. The quantitative estimate of drug-likeness (QED) is 0.798. The molecular formula is C12H15ClF2O3S. The molecule has 1 rings (SSSR count). The smallest absolute Gasteiger partial charge is 0.272 e. The van der Waals surface area contributed by atoms with Crippen LogP contribution in [0.3, 0.4) is 0 Å². The van der Waals surface area contributed by atoms with E-state index in [1.54, 1.807) is 0 Å². The van der Waals surface area contributed by atoms with Gasteiger partial charge in [0.25, 0.3) is 15.5 Å². The minimum atomic E-state index is -3.87. The molecule has 19 heavy (non-hydrogen) atoms. The Hall–Kier alpha value is -0.880. The maximum Gasteiger partial charge on any atom is 0.272 e. The number of hydrogen-bond donors (Lipinski definition) is 0. The molecule has 0 heterocycles. The maximum atomic E-state index is 12.2. The van der Waals surface area contributed by atoms with Crippen molar-refractivity contribution in [2.75, 3.05) is 6.61 Å². The van der Waals surface area contributed by atoms with Gasteiger partial charge in [-0.05, 0) is 23.6 Å². The summed E-state index contributed by atoms with van der Waals surface area (Å²) in [6.45, 7) is 4.72. The summed E-state index contributed by atoms with van der Waals surface area (Å²) in [7, 11) is 1.41. The highest BCUT2D eigenvalue weighted by atomic mass is 35.7. The van der Waals surface area contributed by atoms with Gasteiger partial charge in [0.05, 0.1) is 4.90 Å². The molecule has 0 N–H and O–H groups in total. The molecule has 0 unspecified atom stereocenters. The van der Waals surface area contributed by atoms with E-state index in [9.17, 15) is 17.2 Å². The monoisotopic (exact) mass is 312 g/mol. The van der Waals surface area contributed by atoms with Crippen LogP contribution in [0.15, 0.2) is 23.1 Å². The summed E-state index contributed by atoms with van der Waals surface area (Å²) in [6.07, 6.45) is -2.59. The minimum absolute atomic E-state index is 0.0801. The summed E-state index contributed by atoms with van der Waals surface area (Å²) in [5.74, 6) is 0.233. The third kappa shape index (κ3) is 4.62. The van der Waals surface area contributed by atoms with Gasteiger partial charge < -0.3 is 4.74 Å². The standard InChI is InChI=1S/C12H15ClF2O3S/c1-12(2,3)9-6-8(19(13,16)17)4-5-10(9)18-7-11(14)15/h4-6,11H,7H2,1-3H3. The average molecular weight is 313 g/mol. The second-order valence-corrected chi connectivity index (χ2v) is 7.61. The Kier molecular flexibility index (Phi) is 4.79. The van der Waals surface area contributed by atoms with E-state index in [2.05, 4.69) is 0 Å². The van der Waals surface area contributed by atoms with E-state index < -0.39 is 27.5 Å². The molecule has 3 nitrogen and oxygen atoms in total. The molecule has 0 atom stereocenters. The van der Waals surface area contributed by atoms with E-state index in [0.717, 1.165) is 0 Å². The zero-order valence-electron chi connectivity index (χ0n) is 10.8. The number of ether oxygens (including phenoxy) is 1. The molecule has 0 spiro atoms. The van der Waals surface area contributed by atoms with Crippen molar-refractivity contribution >= 4 is 19.7 Å². The summed E-state index contributed by atoms with van der Waals surface area (Å²) < 4.78 is 51.9. The zero-order chi connectivity index (χ0) is 14.8. The SMILES string of the molecule is CC(C)(C)c1cc(S(=O)(=O)Cl)ccc1OCC(F)F. The number of benzene rings is 1. The Morgan fingerprint density at radius 1 is 1.32 bits per heavy atom. The molecule has 108 valence electrons. The van der Waals surface area contributed by atoms with Crippen molar-refractivity contribution in [3.63, 3.8) is 0 Å². The van der Waals surface area contributed by atoms with Gasteiger partial charge in [0.15, 0.2) is 0 Å². The van der Waals surface area contributed by atoms with Gasteiger partial charge in [0, 0.05) is 16.2 Å². The Labute approximate surface area is 115 Å². The molecule has 0 aliphatic carbocycles. The van der Waals surface area contributed by atoms with E-state index >= 15 is 0 Å². The normalized spacial score (nSPS) is 12.8. The highest BCUT2D eigenvalue weighted by Gasteiger charge is 2.23. The van der Waals surface area contributed by atoms with Crippen molar-refractivity contribution in [3.8, 4) is 5.75 Å². The van der Waals surface area contributed by atoms with Crippen LogP contribution in [0.2, 0.25) is 0 Å². The van der Waals surface area contributed by atoms with Gasteiger partial charge in [0.1, 0.15) is 12.4 Å². The third-order valence-corrected chi connectivity index (χ3v) is 3.76. The lowest BCUT2D eigenvalue weighted by atomic mass is 9.86.